The van der Waals surface area contributed by atoms with Gasteiger partial charge in [-0.2, -0.15) is 0 Å². The molecule has 9 heteroatoms. The van der Waals surface area contributed by atoms with E-state index in [2.05, 4.69) is 20.4 Å². The lowest BCUT2D eigenvalue weighted by molar-refractivity contribution is -0.123. The summed E-state index contributed by atoms with van der Waals surface area (Å²) in [7, 11) is 0. The number of piperidine rings is 2. The number of likely N-dealkylation sites (tertiary alicyclic amines) is 2. The highest BCUT2D eigenvalue weighted by Gasteiger charge is 2.24. The van der Waals surface area contributed by atoms with Gasteiger partial charge < -0.3 is 20.7 Å². The van der Waals surface area contributed by atoms with Crippen molar-refractivity contribution in [3.63, 3.8) is 0 Å². The van der Waals surface area contributed by atoms with Crippen LogP contribution in [-0.4, -0.2) is 73.1 Å². The molecule has 0 atom stereocenters. The highest BCUT2D eigenvalue weighted by atomic mass is 16.6. The topological polar surface area (TPSA) is 117 Å². The minimum atomic E-state index is -0.437. The number of ether oxygens (including phenoxy) is 1. The first-order chi connectivity index (χ1) is 20.9. The third kappa shape index (κ3) is 8.65. The molecule has 2 heterocycles. The average molecular weight is 584 g/mol. The molecule has 3 amide bonds. The summed E-state index contributed by atoms with van der Waals surface area (Å²) in [5.41, 5.74) is 9.93. The van der Waals surface area contributed by atoms with Crippen molar-refractivity contribution in [3.8, 4) is 11.1 Å². The quantitative estimate of drug-likeness (QED) is 0.324. The number of para-hydroxylation sites is 1. The molecule has 2 saturated heterocycles. The number of hydrogen-bond donors (Lipinski definition) is 3. The van der Waals surface area contributed by atoms with Crippen molar-refractivity contribution < 1.29 is 19.1 Å². The van der Waals surface area contributed by atoms with Gasteiger partial charge in [-0.25, -0.2) is 4.79 Å². The van der Waals surface area contributed by atoms with Crippen LogP contribution >= 0.6 is 0 Å². The molecular formula is C34H41N5O4. The second-order valence-electron chi connectivity index (χ2n) is 11.4. The van der Waals surface area contributed by atoms with Gasteiger partial charge in [-0.05, 0) is 68.1 Å². The SMILES string of the molecule is NC(=O)C1CCN(Cc2ccc(C(=O)NCCN3CCC(OC(=O)Nc4ccccc4-c4ccccc4)CC3)cc2)CC1. The Morgan fingerprint density at radius 3 is 2.14 bits per heavy atom. The van der Waals surface area contributed by atoms with Crippen LogP contribution in [0.2, 0.25) is 0 Å². The van der Waals surface area contributed by atoms with Crippen LogP contribution in [0.3, 0.4) is 0 Å². The standard InChI is InChI=1S/C34H41N5O4/c35-32(40)27-14-19-39(20-15-27)24-25-10-12-28(13-11-25)33(41)36-18-23-38-21-16-29(17-22-38)43-34(42)37-31-9-5-4-8-30(31)26-6-2-1-3-7-26/h1-13,27,29H,14-24H2,(H2,35,40)(H,36,41)(H,37,42). The summed E-state index contributed by atoms with van der Waals surface area (Å²) in [4.78, 5) is 41.3. The lowest BCUT2D eigenvalue weighted by Crippen LogP contribution is -2.42. The number of amides is 3. The average Bonchev–Trinajstić information content (AvgIpc) is 3.03. The van der Waals surface area contributed by atoms with E-state index in [1.807, 2.05) is 78.9 Å². The second kappa shape index (κ2) is 14.8. The molecule has 0 radical (unpaired) electrons. The molecule has 4 N–H and O–H groups in total. The summed E-state index contributed by atoms with van der Waals surface area (Å²) in [5.74, 6) is -0.294. The van der Waals surface area contributed by atoms with Crippen molar-refractivity contribution in [2.75, 3.05) is 44.6 Å². The second-order valence-corrected chi connectivity index (χ2v) is 11.4. The van der Waals surface area contributed by atoms with Crippen molar-refractivity contribution in [2.45, 2.75) is 38.3 Å². The molecule has 9 nitrogen and oxygen atoms in total. The number of hydrogen-bond acceptors (Lipinski definition) is 6. The van der Waals surface area contributed by atoms with E-state index in [0.29, 0.717) is 12.1 Å². The van der Waals surface area contributed by atoms with Crippen LogP contribution in [0.5, 0.6) is 0 Å². The molecule has 3 aromatic rings. The maximum absolute atomic E-state index is 12.7. The Balaban J connectivity index is 0.987. The van der Waals surface area contributed by atoms with Gasteiger partial charge in [-0.15, -0.1) is 0 Å². The molecule has 0 aliphatic carbocycles. The van der Waals surface area contributed by atoms with Gasteiger partial charge in [0.25, 0.3) is 5.91 Å². The smallest absolute Gasteiger partial charge is 0.411 e. The number of anilines is 1. The molecule has 0 aromatic heterocycles. The van der Waals surface area contributed by atoms with Gasteiger partial charge in [0, 0.05) is 49.8 Å². The number of nitrogens with two attached hydrogens (primary N) is 1. The molecule has 226 valence electrons. The number of nitrogens with zero attached hydrogens (tertiary/aromatic N) is 2. The van der Waals surface area contributed by atoms with Crippen molar-refractivity contribution >= 4 is 23.6 Å². The highest BCUT2D eigenvalue weighted by Crippen LogP contribution is 2.28. The first-order valence-corrected chi connectivity index (χ1v) is 15.2. The van der Waals surface area contributed by atoms with E-state index in [1.54, 1.807) is 0 Å². The van der Waals surface area contributed by atoms with Gasteiger partial charge in [0.2, 0.25) is 5.91 Å². The number of carbonyl (C=O) groups excluding carboxylic acids is 3. The van der Waals surface area contributed by atoms with E-state index in [1.165, 1.54) is 0 Å². The number of primary amides is 1. The molecule has 0 spiro atoms. The molecule has 0 unspecified atom stereocenters. The molecule has 2 aliphatic heterocycles. The van der Waals surface area contributed by atoms with Crippen LogP contribution in [0, 0.1) is 5.92 Å². The third-order valence-electron chi connectivity index (χ3n) is 8.38. The highest BCUT2D eigenvalue weighted by molar-refractivity contribution is 5.94. The van der Waals surface area contributed by atoms with Gasteiger partial charge >= 0.3 is 6.09 Å². The molecule has 5 rings (SSSR count). The van der Waals surface area contributed by atoms with Crippen LogP contribution in [0.1, 0.15) is 41.6 Å². The van der Waals surface area contributed by atoms with Gasteiger partial charge in [-0.1, -0.05) is 60.7 Å². The van der Waals surface area contributed by atoms with Gasteiger partial charge in [0.1, 0.15) is 6.10 Å². The first kappa shape index (κ1) is 30.3. The van der Waals surface area contributed by atoms with E-state index in [0.717, 1.165) is 87.3 Å². The minimum absolute atomic E-state index is 0.0114. The summed E-state index contributed by atoms with van der Waals surface area (Å²) < 4.78 is 5.74. The zero-order valence-corrected chi connectivity index (χ0v) is 24.5. The Hall–Kier alpha value is -4.21. The lowest BCUT2D eigenvalue weighted by atomic mass is 9.96. The number of rotatable bonds is 10. The van der Waals surface area contributed by atoms with Crippen molar-refractivity contribution in [2.24, 2.45) is 11.7 Å². The number of benzene rings is 3. The predicted octanol–water partition coefficient (Wildman–Crippen LogP) is 4.49. The van der Waals surface area contributed by atoms with Crippen LogP contribution in [-0.2, 0) is 16.1 Å². The number of nitrogens with one attached hydrogen (secondary N) is 2. The maximum Gasteiger partial charge on any atom is 0.411 e. The Bertz CT molecular complexity index is 1370. The predicted molar refractivity (Wildman–Crippen MR) is 167 cm³/mol. The zero-order valence-electron chi connectivity index (χ0n) is 24.5. The van der Waals surface area contributed by atoms with Crippen LogP contribution < -0.4 is 16.4 Å². The molecule has 2 aliphatic rings. The summed E-state index contributed by atoms with van der Waals surface area (Å²) in [6, 6.07) is 25.4. The fourth-order valence-electron chi connectivity index (χ4n) is 5.83. The van der Waals surface area contributed by atoms with Crippen molar-refractivity contribution in [1.29, 1.82) is 0 Å². The largest absolute Gasteiger partial charge is 0.446 e. The van der Waals surface area contributed by atoms with E-state index < -0.39 is 6.09 Å². The molecule has 3 aromatic carbocycles. The first-order valence-electron chi connectivity index (χ1n) is 15.2. The van der Waals surface area contributed by atoms with Crippen LogP contribution in [0.25, 0.3) is 11.1 Å². The number of carbonyl (C=O) groups is 3. The van der Waals surface area contributed by atoms with Crippen LogP contribution in [0.4, 0.5) is 10.5 Å². The maximum atomic E-state index is 12.7. The Morgan fingerprint density at radius 1 is 0.791 bits per heavy atom. The molecule has 0 saturated carbocycles. The Kier molecular flexibility index (Phi) is 10.4. The molecule has 0 bridgehead atoms. The molecule has 2 fully saturated rings. The van der Waals surface area contributed by atoms with E-state index in [-0.39, 0.29) is 23.8 Å². The van der Waals surface area contributed by atoms with E-state index >= 15 is 0 Å². The summed E-state index contributed by atoms with van der Waals surface area (Å²) in [6.07, 6.45) is 2.54. The van der Waals surface area contributed by atoms with Gasteiger partial charge in [-0.3, -0.25) is 19.8 Å². The minimum Gasteiger partial charge on any atom is -0.446 e. The fraction of sp³-hybridized carbons (Fsp3) is 0.382. The molecular weight excluding hydrogens is 542 g/mol. The van der Waals surface area contributed by atoms with Crippen molar-refractivity contribution in [3.05, 3.63) is 90.0 Å². The third-order valence-corrected chi connectivity index (χ3v) is 8.38. The Labute approximate surface area is 253 Å². The lowest BCUT2D eigenvalue weighted by Gasteiger charge is -2.31. The molecule has 43 heavy (non-hydrogen) atoms. The normalized spacial score (nSPS) is 16.8. The monoisotopic (exact) mass is 583 g/mol. The van der Waals surface area contributed by atoms with Gasteiger partial charge in [0.05, 0.1) is 5.69 Å². The van der Waals surface area contributed by atoms with Crippen molar-refractivity contribution in [1.82, 2.24) is 15.1 Å². The fourth-order valence-corrected chi connectivity index (χ4v) is 5.83. The van der Waals surface area contributed by atoms with E-state index in [9.17, 15) is 14.4 Å². The summed E-state index contributed by atoms with van der Waals surface area (Å²) in [5, 5.41) is 5.94. The van der Waals surface area contributed by atoms with E-state index in [4.69, 9.17) is 10.5 Å². The van der Waals surface area contributed by atoms with Crippen LogP contribution in [0.15, 0.2) is 78.9 Å². The van der Waals surface area contributed by atoms with Gasteiger partial charge in [0.15, 0.2) is 0 Å². The zero-order chi connectivity index (χ0) is 30.0. The summed E-state index contributed by atoms with van der Waals surface area (Å²) in [6.45, 7) is 5.42. The summed E-state index contributed by atoms with van der Waals surface area (Å²) >= 11 is 0. The Morgan fingerprint density at radius 2 is 1.44 bits per heavy atom.